The van der Waals surface area contributed by atoms with Gasteiger partial charge in [0.2, 0.25) is 0 Å². The molecule has 1 unspecified atom stereocenters. The highest BCUT2D eigenvalue weighted by molar-refractivity contribution is 5.83. The van der Waals surface area contributed by atoms with E-state index in [0.29, 0.717) is 11.7 Å². The largest absolute Gasteiger partial charge is 0.508 e. The summed E-state index contributed by atoms with van der Waals surface area (Å²) in [5.74, 6) is 0.715. The molecule has 0 heterocycles. The van der Waals surface area contributed by atoms with Crippen LogP contribution in [0.15, 0.2) is 66.7 Å². The van der Waals surface area contributed by atoms with Gasteiger partial charge < -0.3 is 10.4 Å². The molecule has 0 fully saturated rings. The van der Waals surface area contributed by atoms with Gasteiger partial charge in [0.05, 0.1) is 0 Å². The van der Waals surface area contributed by atoms with Gasteiger partial charge in [0, 0.05) is 12.5 Å². The summed E-state index contributed by atoms with van der Waals surface area (Å²) in [6.45, 7) is 0.882. The van der Waals surface area contributed by atoms with Gasteiger partial charge >= 0.3 is 0 Å². The van der Waals surface area contributed by atoms with E-state index in [0.717, 1.165) is 18.5 Å². The highest BCUT2D eigenvalue weighted by atomic mass is 16.3. The van der Waals surface area contributed by atoms with Gasteiger partial charge in [-0.1, -0.05) is 60.7 Å². The number of phenols is 1. The van der Waals surface area contributed by atoms with E-state index in [2.05, 4.69) is 47.8 Å². The van der Waals surface area contributed by atoms with E-state index in [9.17, 15) is 5.11 Å². The standard InChI is InChI=1S/C20H21NO/c1-21-14-19(13-18-8-4-5-9-20(18)22)17-11-10-15-6-2-3-7-16(15)12-17/h2-12,19,21-22H,13-14H2,1H3. The summed E-state index contributed by atoms with van der Waals surface area (Å²) in [5.41, 5.74) is 2.30. The smallest absolute Gasteiger partial charge is 0.118 e. The van der Waals surface area contributed by atoms with Crippen LogP contribution in [0.1, 0.15) is 17.0 Å². The van der Waals surface area contributed by atoms with E-state index in [1.54, 1.807) is 6.07 Å². The number of hydrogen-bond acceptors (Lipinski definition) is 2. The normalized spacial score (nSPS) is 12.4. The van der Waals surface area contributed by atoms with Crippen molar-refractivity contribution < 1.29 is 5.11 Å². The Kier molecular flexibility index (Phi) is 4.40. The predicted molar refractivity (Wildman–Crippen MR) is 92.4 cm³/mol. The zero-order valence-corrected chi connectivity index (χ0v) is 12.8. The first-order valence-electron chi connectivity index (χ1n) is 7.68. The Labute approximate surface area is 131 Å². The lowest BCUT2D eigenvalue weighted by Gasteiger charge is -2.18. The number of para-hydroxylation sites is 1. The molecule has 0 aliphatic heterocycles. The third-order valence-corrected chi connectivity index (χ3v) is 4.15. The lowest BCUT2D eigenvalue weighted by atomic mass is 9.90. The fraction of sp³-hybridized carbons (Fsp3) is 0.200. The van der Waals surface area contributed by atoms with E-state index in [4.69, 9.17) is 0 Å². The summed E-state index contributed by atoms with van der Waals surface area (Å²) >= 11 is 0. The predicted octanol–water partition coefficient (Wildman–Crippen LogP) is 4.09. The quantitative estimate of drug-likeness (QED) is 0.742. The summed E-state index contributed by atoms with van der Waals surface area (Å²) in [6.07, 6.45) is 0.825. The molecule has 22 heavy (non-hydrogen) atoms. The van der Waals surface area contributed by atoms with E-state index in [1.807, 2.05) is 25.2 Å². The second-order valence-electron chi connectivity index (χ2n) is 5.69. The van der Waals surface area contributed by atoms with Crippen molar-refractivity contribution >= 4 is 10.8 Å². The maximum atomic E-state index is 10.0. The summed E-state index contributed by atoms with van der Waals surface area (Å²) < 4.78 is 0. The Morgan fingerprint density at radius 1 is 0.909 bits per heavy atom. The number of nitrogens with one attached hydrogen (secondary N) is 1. The highest BCUT2D eigenvalue weighted by Gasteiger charge is 2.14. The molecular formula is C20H21NO. The van der Waals surface area contributed by atoms with E-state index < -0.39 is 0 Å². The fourth-order valence-corrected chi connectivity index (χ4v) is 2.96. The molecule has 0 aliphatic carbocycles. The molecule has 0 amide bonds. The zero-order chi connectivity index (χ0) is 15.4. The third kappa shape index (κ3) is 3.12. The average Bonchev–Trinajstić information content (AvgIpc) is 2.56. The van der Waals surface area contributed by atoms with Gasteiger partial charge in [-0.05, 0) is 41.4 Å². The van der Waals surface area contributed by atoms with Gasteiger partial charge in [-0.15, -0.1) is 0 Å². The number of rotatable bonds is 5. The number of aromatic hydroxyl groups is 1. The second-order valence-corrected chi connectivity index (χ2v) is 5.69. The van der Waals surface area contributed by atoms with Gasteiger partial charge in [-0.3, -0.25) is 0 Å². The first-order chi connectivity index (χ1) is 10.8. The van der Waals surface area contributed by atoms with Crippen LogP contribution in [0.25, 0.3) is 10.8 Å². The molecule has 1 atom stereocenters. The monoisotopic (exact) mass is 291 g/mol. The van der Waals surface area contributed by atoms with Gasteiger partial charge in [0.1, 0.15) is 5.75 Å². The molecule has 2 heteroatoms. The van der Waals surface area contributed by atoms with Crippen LogP contribution in [0.2, 0.25) is 0 Å². The summed E-state index contributed by atoms with van der Waals surface area (Å²) in [5, 5.41) is 15.8. The lowest BCUT2D eigenvalue weighted by Crippen LogP contribution is -2.19. The Bertz CT molecular complexity index is 766. The second kappa shape index (κ2) is 6.63. The molecule has 3 aromatic rings. The SMILES string of the molecule is CNCC(Cc1ccccc1O)c1ccc2ccccc2c1. The van der Waals surface area contributed by atoms with Crippen molar-refractivity contribution in [2.45, 2.75) is 12.3 Å². The van der Waals surface area contributed by atoms with Crippen LogP contribution in [0.5, 0.6) is 5.75 Å². The Hall–Kier alpha value is -2.32. The molecule has 3 aromatic carbocycles. The molecule has 0 saturated carbocycles. The Morgan fingerprint density at radius 3 is 2.41 bits per heavy atom. The number of likely N-dealkylation sites (N-methyl/N-ethyl adjacent to an activating group) is 1. The van der Waals surface area contributed by atoms with Gasteiger partial charge in [-0.2, -0.15) is 0 Å². The maximum absolute atomic E-state index is 10.0. The number of benzene rings is 3. The van der Waals surface area contributed by atoms with Crippen molar-refractivity contribution in [3.8, 4) is 5.75 Å². The van der Waals surface area contributed by atoms with Gasteiger partial charge in [0.15, 0.2) is 0 Å². The number of fused-ring (bicyclic) bond motifs is 1. The van der Waals surface area contributed by atoms with Crippen LogP contribution in [-0.4, -0.2) is 18.7 Å². The molecule has 112 valence electrons. The summed E-state index contributed by atoms with van der Waals surface area (Å²) in [7, 11) is 1.97. The first-order valence-corrected chi connectivity index (χ1v) is 7.68. The van der Waals surface area contributed by atoms with Crippen LogP contribution < -0.4 is 5.32 Å². The van der Waals surface area contributed by atoms with Crippen LogP contribution in [0.4, 0.5) is 0 Å². The van der Waals surface area contributed by atoms with Crippen molar-refractivity contribution in [3.63, 3.8) is 0 Å². The van der Waals surface area contributed by atoms with Crippen molar-refractivity contribution in [1.82, 2.24) is 5.32 Å². The van der Waals surface area contributed by atoms with Crippen molar-refractivity contribution in [2.75, 3.05) is 13.6 Å². The Balaban J connectivity index is 1.93. The highest BCUT2D eigenvalue weighted by Crippen LogP contribution is 2.27. The van der Waals surface area contributed by atoms with Crippen LogP contribution >= 0.6 is 0 Å². The summed E-state index contributed by atoms with van der Waals surface area (Å²) in [4.78, 5) is 0. The zero-order valence-electron chi connectivity index (χ0n) is 12.8. The lowest BCUT2D eigenvalue weighted by molar-refractivity contribution is 0.464. The maximum Gasteiger partial charge on any atom is 0.118 e. The summed E-state index contributed by atoms with van der Waals surface area (Å²) in [6, 6.07) is 22.7. The molecule has 3 rings (SSSR count). The van der Waals surface area contributed by atoms with Crippen LogP contribution in [0, 0.1) is 0 Å². The molecule has 0 radical (unpaired) electrons. The minimum atomic E-state index is 0.336. The van der Waals surface area contributed by atoms with Crippen LogP contribution in [0.3, 0.4) is 0 Å². The van der Waals surface area contributed by atoms with Crippen molar-refractivity contribution in [1.29, 1.82) is 0 Å². The third-order valence-electron chi connectivity index (χ3n) is 4.15. The van der Waals surface area contributed by atoms with E-state index in [1.165, 1.54) is 16.3 Å². The van der Waals surface area contributed by atoms with E-state index >= 15 is 0 Å². The number of phenolic OH excluding ortho intramolecular Hbond substituents is 1. The van der Waals surface area contributed by atoms with Gasteiger partial charge in [0.25, 0.3) is 0 Å². The van der Waals surface area contributed by atoms with Crippen molar-refractivity contribution in [3.05, 3.63) is 77.9 Å². The fourth-order valence-electron chi connectivity index (χ4n) is 2.96. The molecule has 0 aliphatic rings. The molecular weight excluding hydrogens is 270 g/mol. The van der Waals surface area contributed by atoms with E-state index in [-0.39, 0.29) is 0 Å². The first kappa shape index (κ1) is 14.6. The molecule has 2 N–H and O–H groups in total. The molecule has 0 spiro atoms. The number of hydrogen-bond donors (Lipinski definition) is 2. The molecule has 0 bridgehead atoms. The molecule has 0 aromatic heterocycles. The van der Waals surface area contributed by atoms with Crippen molar-refractivity contribution in [2.24, 2.45) is 0 Å². The average molecular weight is 291 g/mol. The minimum Gasteiger partial charge on any atom is -0.508 e. The van der Waals surface area contributed by atoms with Crippen LogP contribution in [-0.2, 0) is 6.42 Å². The topological polar surface area (TPSA) is 32.3 Å². The Morgan fingerprint density at radius 2 is 1.64 bits per heavy atom. The van der Waals surface area contributed by atoms with Gasteiger partial charge in [-0.25, -0.2) is 0 Å². The molecule has 2 nitrogen and oxygen atoms in total. The minimum absolute atomic E-state index is 0.336. The molecule has 0 saturated heterocycles.